The number of fused-ring (bicyclic) bond motifs is 2. The fraction of sp³-hybridized carbons (Fsp3) is 0.737. The van der Waals surface area contributed by atoms with Crippen LogP contribution < -0.4 is 0 Å². The van der Waals surface area contributed by atoms with E-state index in [1.54, 1.807) is 26.8 Å². The van der Waals surface area contributed by atoms with Gasteiger partial charge in [-0.2, -0.15) is 0 Å². The Balaban J connectivity index is 2.11. The molecule has 0 N–H and O–H groups in total. The molecule has 0 aromatic heterocycles. The van der Waals surface area contributed by atoms with Crippen molar-refractivity contribution in [3.05, 3.63) is 11.6 Å². The number of esters is 3. The van der Waals surface area contributed by atoms with E-state index < -0.39 is 28.7 Å². The van der Waals surface area contributed by atoms with Crippen LogP contribution in [0.3, 0.4) is 0 Å². The quantitative estimate of drug-likeness (QED) is 0.430. The number of carbonyl (C=O) groups is 3. The number of hydrogen-bond donors (Lipinski definition) is 0. The van der Waals surface area contributed by atoms with Gasteiger partial charge >= 0.3 is 17.9 Å². The number of carbonyl (C=O) groups excluding carboxylic acids is 3. The first-order valence-electron chi connectivity index (χ1n) is 8.80. The molecule has 25 heavy (non-hydrogen) atoms. The van der Waals surface area contributed by atoms with E-state index in [1.807, 2.05) is 6.92 Å². The van der Waals surface area contributed by atoms with Gasteiger partial charge in [0.05, 0.1) is 5.92 Å². The fourth-order valence-corrected chi connectivity index (χ4v) is 3.39. The second kappa shape index (κ2) is 6.46. The van der Waals surface area contributed by atoms with E-state index in [4.69, 9.17) is 14.2 Å². The summed E-state index contributed by atoms with van der Waals surface area (Å²) >= 11 is 0. The van der Waals surface area contributed by atoms with Crippen molar-refractivity contribution >= 4 is 17.9 Å². The molecule has 1 saturated carbocycles. The summed E-state index contributed by atoms with van der Waals surface area (Å²) in [7, 11) is 0. The van der Waals surface area contributed by atoms with Crippen LogP contribution in [0, 0.1) is 5.92 Å². The molecule has 140 valence electrons. The third-order valence-electron chi connectivity index (χ3n) is 5.37. The van der Waals surface area contributed by atoms with Crippen LogP contribution in [0.25, 0.3) is 0 Å². The summed E-state index contributed by atoms with van der Waals surface area (Å²) in [5.74, 6) is -1.54. The maximum Gasteiger partial charge on any atom is 0.350 e. The molecule has 0 aromatic rings. The van der Waals surface area contributed by atoms with Crippen molar-refractivity contribution in [3.8, 4) is 0 Å². The minimum absolute atomic E-state index is 0.121. The van der Waals surface area contributed by atoms with Gasteiger partial charge in [0, 0.05) is 12.0 Å². The first-order valence-corrected chi connectivity index (χ1v) is 8.80. The van der Waals surface area contributed by atoms with Crippen LogP contribution in [-0.4, -0.2) is 34.7 Å². The molecule has 1 heterocycles. The second-order valence-electron chi connectivity index (χ2n) is 7.91. The lowest BCUT2D eigenvalue weighted by molar-refractivity contribution is -0.213. The molecule has 0 radical (unpaired) electrons. The van der Waals surface area contributed by atoms with Gasteiger partial charge in [0.1, 0.15) is 11.2 Å². The largest absolute Gasteiger partial charge is 0.455 e. The number of ether oxygens (including phenoxy) is 3. The second-order valence-corrected chi connectivity index (χ2v) is 7.91. The van der Waals surface area contributed by atoms with Crippen molar-refractivity contribution < 1.29 is 28.6 Å². The van der Waals surface area contributed by atoms with Crippen molar-refractivity contribution in [3.63, 3.8) is 0 Å². The lowest BCUT2D eigenvalue weighted by Crippen LogP contribution is -2.56. The minimum atomic E-state index is -1.43. The Hall–Kier alpha value is -1.85. The van der Waals surface area contributed by atoms with E-state index in [1.165, 1.54) is 13.8 Å². The lowest BCUT2D eigenvalue weighted by Gasteiger charge is -2.45. The molecular weight excluding hydrogens is 324 g/mol. The molecule has 1 saturated heterocycles. The molecule has 1 aliphatic heterocycles. The Morgan fingerprint density at radius 3 is 2.60 bits per heavy atom. The first kappa shape index (κ1) is 19.5. The van der Waals surface area contributed by atoms with E-state index in [0.717, 1.165) is 0 Å². The predicted octanol–water partition coefficient (Wildman–Crippen LogP) is 3.08. The average molecular weight is 352 g/mol. The highest BCUT2D eigenvalue weighted by Crippen LogP contribution is 2.50. The van der Waals surface area contributed by atoms with Crippen LogP contribution in [0.1, 0.15) is 67.2 Å². The summed E-state index contributed by atoms with van der Waals surface area (Å²) in [5, 5.41) is 0. The standard InChI is InChI=1S/C19H28O6/c1-7-8-12(2)14(20)23-17(3,4)16(22)25-18(5)10-9-13-11-19(18,6)24-15(13)21/h8,13H,7,9-11H2,1-6H3/b12-8-. The highest BCUT2D eigenvalue weighted by molar-refractivity contribution is 5.91. The number of hydrogen-bond acceptors (Lipinski definition) is 6. The van der Waals surface area contributed by atoms with Gasteiger partial charge in [-0.15, -0.1) is 0 Å². The SMILES string of the molecule is CC/C=C(/C)C(=O)OC(C)(C)C(=O)OC1(C)CCC2CC1(C)OC2=O. The third-order valence-corrected chi connectivity index (χ3v) is 5.37. The topological polar surface area (TPSA) is 78.9 Å². The van der Waals surface area contributed by atoms with Gasteiger partial charge in [-0.25, -0.2) is 9.59 Å². The van der Waals surface area contributed by atoms with Crippen LogP contribution in [0.15, 0.2) is 11.6 Å². The first-order chi connectivity index (χ1) is 11.4. The van der Waals surface area contributed by atoms with Crippen molar-refractivity contribution in [2.45, 2.75) is 84.0 Å². The summed E-state index contributed by atoms with van der Waals surface area (Å²) in [6.45, 7) is 10.1. The lowest BCUT2D eigenvalue weighted by atomic mass is 9.71. The van der Waals surface area contributed by atoms with E-state index in [-0.39, 0.29) is 11.9 Å². The molecule has 3 unspecified atom stereocenters. The van der Waals surface area contributed by atoms with Crippen LogP contribution in [-0.2, 0) is 28.6 Å². The highest BCUT2D eigenvalue weighted by atomic mass is 16.6. The van der Waals surface area contributed by atoms with Gasteiger partial charge in [-0.05, 0) is 53.9 Å². The molecule has 2 fully saturated rings. The summed E-state index contributed by atoms with van der Waals surface area (Å²) < 4.78 is 16.6. The van der Waals surface area contributed by atoms with Gasteiger partial charge in [-0.3, -0.25) is 4.79 Å². The Kier molecular flexibility index (Phi) is 5.04. The number of allylic oxidation sites excluding steroid dienone is 1. The van der Waals surface area contributed by atoms with Crippen molar-refractivity contribution in [1.82, 2.24) is 0 Å². The van der Waals surface area contributed by atoms with Crippen LogP contribution >= 0.6 is 0 Å². The van der Waals surface area contributed by atoms with Gasteiger partial charge in [0.2, 0.25) is 5.60 Å². The molecule has 6 heteroatoms. The summed E-state index contributed by atoms with van der Waals surface area (Å²) in [6.07, 6.45) is 4.13. The molecule has 2 aliphatic rings. The predicted molar refractivity (Wildman–Crippen MR) is 90.6 cm³/mol. The molecule has 0 spiro atoms. The van der Waals surface area contributed by atoms with E-state index in [0.29, 0.717) is 31.3 Å². The highest BCUT2D eigenvalue weighted by Gasteiger charge is 2.61. The maximum atomic E-state index is 12.7. The van der Waals surface area contributed by atoms with Crippen molar-refractivity contribution in [1.29, 1.82) is 0 Å². The Bertz CT molecular complexity index is 619. The molecule has 6 nitrogen and oxygen atoms in total. The molecule has 0 aromatic carbocycles. The average Bonchev–Trinajstić information content (AvgIpc) is 2.76. The number of rotatable bonds is 5. The Morgan fingerprint density at radius 1 is 1.36 bits per heavy atom. The van der Waals surface area contributed by atoms with Crippen LogP contribution in [0.5, 0.6) is 0 Å². The zero-order valence-electron chi connectivity index (χ0n) is 15.9. The Labute approximate surface area is 148 Å². The molecule has 1 aliphatic carbocycles. The third kappa shape index (κ3) is 3.58. The summed E-state index contributed by atoms with van der Waals surface area (Å²) in [5.41, 5.74) is -2.77. The van der Waals surface area contributed by atoms with Crippen LogP contribution in [0.2, 0.25) is 0 Å². The van der Waals surface area contributed by atoms with E-state index in [2.05, 4.69) is 0 Å². The maximum absolute atomic E-state index is 12.7. The van der Waals surface area contributed by atoms with Gasteiger partial charge < -0.3 is 14.2 Å². The molecule has 2 bridgehead atoms. The zero-order valence-corrected chi connectivity index (χ0v) is 15.9. The van der Waals surface area contributed by atoms with Crippen molar-refractivity contribution in [2.24, 2.45) is 5.92 Å². The normalized spacial score (nSPS) is 32.2. The molecule has 2 rings (SSSR count). The molecule has 3 atom stereocenters. The Morgan fingerprint density at radius 2 is 2.00 bits per heavy atom. The molecule has 0 amide bonds. The van der Waals surface area contributed by atoms with Crippen molar-refractivity contribution in [2.75, 3.05) is 0 Å². The van der Waals surface area contributed by atoms with Crippen LogP contribution in [0.4, 0.5) is 0 Å². The summed E-state index contributed by atoms with van der Waals surface area (Å²) in [4.78, 5) is 36.7. The van der Waals surface area contributed by atoms with Gasteiger partial charge in [0.15, 0.2) is 0 Å². The smallest absolute Gasteiger partial charge is 0.350 e. The monoisotopic (exact) mass is 352 g/mol. The fourth-order valence-electron chi connectivity index (χ4n) is 3.39. The van der Waals surface area contributed by atoms with Gasteiger partial charge in [-0.1, -0.05) is 13.0 Å². The minimum Gasteiger partial charge on any atom is -0.455 e. The zero-order chi connectivity index (χ0) is 19.0. The van der Waals surface area contributed by atoms with E-state index in [9.17, 15) is 14.4 Å². The summed E-state index contributed by atoms with van der Waals surface area (Å²) in [6, 6.07) is 0. The van der Waals surface area contributed by atoms with Gasteiger partial charge in [0.25, 0.3) is 0 Å². The molecular formula is C19H28O6. The van der Waals surface area contributed by atoms with E-state index >= 15 is 0 Å².